The Hall–Kier alpha value is -3.06. The summed E-state index contributed by atoms with van der Waals surface area (Å²) in [6.45, 7) is 1.80. The fourth-order valence-corrected chi connectivity index (χ4v) is 3.06. The predicted molar refractivity (Wildman–Crippen MR) is 96.2 cm³/mol. The molecular weight excluding hydrogens is 358 g/mol. The summed E-state index contributed by atoms with van der Waals surface area (Å²) in [5.74, 6) is -1.38. The van der Waals surface area contributed by atoms with E-state index in [1.165, 1.54) is 18.3 Å². The highest BCUT2D eigenvalue weighted by Crippen LogP contribution is 2.34. The average molecular weight is 374 g/mol. The summed E-state index contributed by atoms with van der Waals surface area (Å²) in [6.07, 6.45) is 1.57. The second-order valence-corrected chi connectivity index (χ2v) is 6.19. The maximum absolute atomic E-state index is 12.9. The molecule has 26 heavy (non-hydrogen) atoms. The maximum atomic E-state index is 12.9. The van der Waals surface area contributed by atoms with Crippen molar-refractivity contribution in [3.05, 3.63) is 58.6 Å². The number of aromatic hydroxyl groups is 2. The smallest absolute Gasteiger partial charge is 0.346 e. The van der Waals surface area contributed by atoms with Gasteiger partial charge in [0.1, 0.15) is 5.54 Å². The van der Waals surface area contributed by atoms with E-state index < -0.39 is 29.0 Å². The Morgan fingerprint density at radius 3 is 2.54 bits per heavy atom. The third kappa shape index (κ3) is 2.86. The highest BCUT2D eigenvalue weighted by Gasteiger charge is 2.51. The third-order valence-corrected chi connectivity index (χ3v) is 4.54. The van der Waals surface area contributed by atoms with E-state index in [0.717, 1.165) is 5.01 Å². The monoisotopic (exact) mass is 373 g/mol. The van der Waals surface area contributed by atoms with Crippen molar-refractivity contribution in [1.82, 2.24) is 10.3 Å². The number of halogens is 1. The number of amides is 3. The molecule has 0 radical (unpaired) electrons. The molecule has 0 aliphatic carbocycles. The minimum absolute atomic E-state index is 0.0733. The standard InChI is InChI=1S/C18H16ClN3O4/c1-2-18(12-6-4-3-5-7-12)16(25)22(17(26)21-18)20-10-11-8-13(19)15(24)14(23)9-11/h3-10,23-24H,2H2,1H3,(H,21,26)/b20-10+/t18-/m0/s1. The Kier molecular flexibility index (Phi) is 4.56. The Bertz CT molecular complexity index is 878. The molecule has 1 saturated heterocycles. The topological polar surface area (TPSA) is 102 Å². The van der Waals surface area contributed by atoms with Crippen LogP contribution in [0.1, 0.15) is 24.5 Å². The van der Waals surface area contributed by atoms with Crippen molar-refractivity contribution in [2.24, 2.45) is 5.10 Å². The summed E-state index contributed by atoms with van der Waals surface area (Å²) in [4.78, 5) is 25.2. The zero-order valence-corrected chi connectivity index (χ0v) is 14.6. The van der Waals surface area contributed by atoms with Crippen LogP contribution in [-0.4, -0.2) is 33.4 Å². The number of hydrogen-bond acceptors (Lipinski definition) is 5. The lowest BCUT2D eigenvalue weighted by Gasteiger charge is -2.24. The van der Waals surface area contributed by atoms with Crippen LogP contribution < -0.4 is 5.32 Å². The van der Waals surface area contributed by atoms with E-state index in [2.05, 4.69) is 10.4 Å². The van der Waals surface area contributed by atoms with E-state index >= 15 is 0 Å². The van der Waals surface area contributed by atoms with Crippen LogP contribution in [0.15, 0.2) is 47.6 Å². The van der Waals surface area contributed by atoms with Crippen LogP contribution in [0.3, 0.4) is 0 Å². The number of nitrogens with zero attached hydrogens (tertiary/aromatic N) is 2. The molecule has 0 bridgehead atoms. The summed E-state index contributed by atoms with van der Waals surface area (Å²) < 4.78 is 0. The maximum Gasteiger partial charge on any atom is 0.346 e. The molecule has 2 aromatic carbocycles. The highest BCUT2D eigenvalue weighted by atomic mass is 35.5. The van der Waals surface area contributed by atoms with Gasteiger partial charge in [0.15, 0.2) is 11.5 Å². The van der Waals surface area contributed by atoms with Crippen molar-refractivity contribution in [1.29, 1.82) is 0 Å². The van der Waals surface area contributed by atoms with Crippen LogP contribution in [0.2, 0.25) is 5.02 Å². The van der Waals surface area contributed by atoms with Gasteiger partial charge >= 0.3 is 6.03 Å². The number of benzene rings is 2. The van der Waals surface area contributed by atoms with E-state index in [4.69, 9.17) is 11.6 Å². The fraction of sp³-hybridized carbons (Fsp3) is 0.167. The Balaban J connectivity index is 1.92. The second kappa shape index (κ2) is 6.68. The lowest BCUT2D eigenvalue weighted by molar-refractivity contribution is -0.131. The van der Waals surface area contributed by atoms with Crippen molar-refractivity contribution in [2.75, 3.05) is 0 Å². The van der Waals surface area contributed by atoms with Gasteiger partial charge in [0, 0.05) is 0 Å². The lowest BCUT2D eigenvalue weighted by atomic mass is 9.87. The molecule has 0 saturated carbocycles. The number of urea groups is 1. The second-order valence-electron chi connectivity index (χ2n) is 5.79. The molecule has 1 atom stereocenters. The summed E-state index contributed by atoms with van der Waals surface area (Å²) in [7, 11) is 0. The van der Waals surface area contributed by atoms with E-state index in [-0.39, 0.29) is 5.02 Å². The van der Waals surface area contributed by atoms with Crippen molar-refractivity contribution >= 4 is 29.8 Å². The summed E-state index contributed by atoms with van der Waals surface area (Å²) in [5.41, 5.74) is -0.187. The zero-order valence-electron chi connectivity index (χ0n) is 13.8. The quantitative estimate of drug-likeness (QED) is 0.435. The van der Waals surface area contributed by atoms with E-state index in [0.29, 0.717) is 17.5 Å². The van der Waals surface area contributed by atoms with E-state index in [9.17, 15) is 19.8 Å². The Morgan fingerprint density at radius 1 is 1.23 bits per heavy atom. The highest BCUT2D eigenvalue weighted by molar-refractivity contribution is 6.32. The van der Waals surface area contributed by atoms with Crippen molar-refractivity contribution < 1.29 is 19.8 Å². The van der Waals surface area contributed by atoms with Gasteiger partial charge in [-0.15, -0.1) is 5.01 Å². The summed E-state index contributed by atoms with van der Waals surface area (Å²) >= 11 is 5.79. The first-order chi connectivity index (χ1) is 12.4. The fourth-order valence-electron chi connectivity index (χ4n) is 2.83. The summed E-state index contributed by atoms with van der Waals surface area (Å²) in [5, 5.41) is 26.4. The molecule has 3 amide bonds. The molecule has 0 spiro atoms. The first kappa shape index (κ1) is 17.8. The van der Waals surface area contributed by atoms with Crippen molar-refractivity contribution in [3.63, 3.8) is 0 Å². The van der Waals surface area contributed by atoms with Gasteiger partial charge < -0.3 is 15.5 Å². The van der Waals surface area contributed by atoms with Gasteiger partial charge in [-0.1, -0.05) is 48.9 Å². The molecule has 2 aromatic rings. The van der Waals surface area contributed by atoms with Crippen molar-refractivity contribution in [3.8, 4) is 11.5 Å². The number of rotatable bonds is 4. The molecule has 134 valence electrons. The van der Waals surface area contributed by atoms with Gasteiger partial charge in [-0.25, -0.2) is 4.79 Å². The minimum Gasteiger partial charge on any atom is -0.504 e. The first-order valence-electron chi connectivity index (χ1n) is 7.86. The van der Waals surface area contributed by atoms with Gasteiger partial charge in [-0.3, -0.25) is 4.79 Å². The number of phenols is 2. The molecule has 7 nitrogen and oxygen atoms in total. The van der Waals surface area contributed by atoms with Crippen molar-refractivity contribution in [2.45, 2.75) is 18.9 Å². The number of hydrogen-bond donors (Lipinski definition) is 3. The lowest BCUT2D eigenvalue weighted by Crippen LogP contribution is -2.43. The van der Waals surface area contributed by atoms with Gasteiger partial charge in [0.05, 0.1) is 11.2 Å². The zero-order chi connectivity index (χ0) is 18.9. The van der Waals surface area contributed by atoms with Gasteiger partial charge in [0.25, 0.3) is 5.91 Å². The molecular formula is C18H16ClN3O4. The third-order valence-electron chi connectivity index (χ3n) is 4.25. The average Bonchev–Trinajstić information content (AvgIpc) is 2.89. The molecule has 1 aliphatic rings. The van der Waals surface area contributed by atoms with E-state index in [1.807, 2.05) is 6.07 Å². The SMILES string of the molecule is CC[C@@]1(c2ccccc2)NC(=O)N(/N=C/c2cc(O)c(O)c(Cl)c2)C1=O. The largest absolute Gasteiger partial charge is 0.504 e. The minimum atomic E-state index is -1.18. The van der Waals surface area contributed by atoms with Gasteiger partial charge in [-0.2, -0.15) is 5.10 Å². The molecule has 1 aliphatic heterocycles. The molecule has 8 heteroatoms. The van der Waals surface area contributed by atoms with Crippen LogP contribution >= 0.6 is 11.6 Å². The molecule has 0 aromatic heterocycles. The van der Waals surface area contributed by atoms with Gasteiger partial charge in [-0.05, 0) is 29.7 Å². The number of phenolic OH excluding ortho intramolecular Hbond substituents is 2. The first-order valence-corrected chi connectivity index (χ1v) is 8.24. The van der Waals surface area contributed by atoms with E-state index in [1.54, 1.807) is 31.2 Å². The number of carbonyl (C=O) groups is 2. The Morgan fingerprint density at radius 2 is 1.92 bits per heavy atom. The number of carbonyl (C=O) groups excluding carboxylic acids is 2. The van der Waals surface area contributed by atoms with Crippen LogP contribution in [0.4, 0.5) is 4.79 Å². The number of hydrazone groups is 1. The molecule has 0 unspecified atom stereocenters. The molecule has 3 rings (SSSR count). The number of nitrogens with one attached hydrogen (secondary N) is 1. The van der Waals surface area contributed by atoms with Crippen LogP contribution in [0, 0.1) is 0 Å². The number of imide groups is 1. The predicted octanol–water partition coefficient (Wildman–Crippen LogP) is 2.94. The van der Waals surface area contributed by atoms with Gasteiger partial charge in [0.2, 0.25) is 0 Å². The Labute approximate surface area is 154 Å². The van der Waals surface area contributed by atoms with Crippen LogP contribution in [0.25, 0.3) is 0 Å². The summed E-state index contributed by atoms with van der Waals surface area (Å²) in [6, 6.07) is 10.9. The molecule has 1 heterocycles. The van der Waals surface area contributed by atoms with Crippen LogP contribution in [0.5, 0.6) is 11.5 Å². The van der Waals surface area contributed by atoms with Crippen LogP contribution in [-0.2, 0) is 10.3 Å². The molecule has 1 fully saturated rings. The normalized spacial score (nSPS) is 20.0. The molecule has 3 N–H and O–H groups in total.